The second-order valence-corrected chi connectivity index (χ2v) is 11.3. The molecule has 3 atom stereocenters. The number of nitrogens with zero attached hydrogens (tertiary/aromatic N) is 2. The number of benzene rings is 1. The van der Waals surface area contributed by atoms with Crippen LogP contribution in [0.4, 0.5) is 0 Å². The highest BCUT2D eigenvalue weighted by molar-refractivity contribution is 5.91. The second-order valence-electron chi connectivity index (χ2n) is 11.3. The van der Waals surface area contributed by atoms with E-state index in [0.717, 1.165) is 18.4 Å². The molecule has 0 heterocycles. The van der Waals surface area contributed by atoms with Crippen molar-refractivity contribution >= 4 is 35.8 Å². The van der Waals surface area contributed by atoms with Gasteiger partial charge in [0.2, 0.25) is 5.91 Å². The summed E-state index contributed by atoms with van der Waals surface area (Å²) in [5, 5.41) is 5.33. The molecule has 0 aliphatic carbocycles. The zero-order valence-corrected chi connectivity index (χ0v) is 27.6. The number of carbonyl (C=O) groups excluding carboxylic acids is 3. The molecule has 0 aromatic heterocycles. The van der Waals surface area contributed by atoms with Gasteiger partial charge in [0.1, 0.15) is 17.8 Å². The van der Waals surface area contributed by atoms with Gasteiger partial charge in [0, 0.05) is 18.5 Å². The fourth-order valence-corrected chi connectivity index (χ4v) is 4.21. The number of ether oxygens (including phenoxy) is 2. The van der Waals surface area contributed by atoms with Crippen molar-refractivity contribution < 1.29 is 23.9 Å². The molecule has 2 amide bonds. The molecule has 0 bridgehead atoms. The molecular weight excluding hydrogens is 588 g/mol. The van der Waals surface area contributed by atoms with Gasteiger partial charge >= 0.3 is 5.97 Å². The molecule has 10 N–H and O–H groups in total. The zero-order chi connectivity index (χ0) is 34.5. The molecule has 1 aromatic rings. The molecule has 0 radical (unpaired) electrons. The Kier molecular flexibility index (Phi) is 17.9. The van der Waals surface area contributed by atoms with Crippen LogP contribution in [0.1, 0.15) is 64.9 Å². The lowest BCUT2D eigenvalue weighted by Crippen LogP contribution is -2.52. The lowest BCUT2D eigenvalue weighted by atomic mass is 9.84. The summed E-state index contributed by atoms with van der Waals surface area (Å²) in [6.07, 6.45) is 11.5. The first-order chi connectivity index (χ1) is 21.8. The van der Waals surface area contributed by atoms with Gasteiger partial charge in [-0.3, -0.25) is 19.6 Å². The average Bonchev–Trinajstić information content (AvgIpc) is 3.01. The van der Waals surface area contributed by atoms with Gasteiger partial charge in [0.05, 0.1) is 7.11 Å². The molecule has 0 aliphatic rings. The van der Waals surface area contributed by atoms with Crippen LogP contribution in [0.3, 0.4) is 0 Å². The van der Waals surface area contributed by atoms with Crippen LogP contribution in [-0.4, -0.2) is 68.6 Å². The van der Waals surface area contributed by atoms with Gasteiger partial charge in [0.15, 0.2) is 18.5 Å². The molecule has 0 saturated heterocycles. The third kappa shape index (κ3) is 16.9. The SMILES string of the molecule is C=C[C@](C)(/C=C/c1ccc(OCC(=O)N[C@@H](CCCN=C(N)N)C(=O)N[C@@H](CCCN=C(N)N)C(=O)OC)cc1)CCC=C(C)C. The number of methoxy groups -OCH3 is 1. The maximum Gasteiger partial charge on any atom is 0.328 e. The van der Waals surface area contributed by atoms with Gasteiger partial charge in [-0.05, 0) is 70.1 Å². The van der Waals surface area contributed by atoms with Crippen LogP contribution < -0.4 is 38.3 Å². The summed E-state index contributed by atoms with van der Waals surface area (Å²) in [7, 11) is 1.22. The number of amides is 2. The Labute approximate surface area is 272 Å². The molecule has 13 nitrogen and oxygen atoms in total. The fourth-order valence-electron chi connectivity index (χ4n) is 4.21. The number of guanidine groups is 2. The first-order valence-electron chi connectivity index (χ1n) is 15.3. The summed E-state index contributed by atoms with van der Waals surface area (Å²) in [4.78, 5) is 46.1. The van der Waals surface area contributed by atoms with Crippen molar-refractivity contribution in [1.29, 1.82) is 0 Å². The highest BCUT2D eigenvalue weighted by Crippen LogP contribution is 2.28. The zero-order valence-electron chi connectivity index (χ0n) is 27.6. The summed E-state index contributed by atoms with van der Waals surface area (Å²) in [6.45, 7) is 10.5. The van der Waals surface area contributed by atoms with Crippen molar-refractivity contribution in [2.75, 3.05) is 26.8 Å². The first-order valence-corrected chi connectivity index (χ1v) is 15.3. The minimum Gasteiger partial charge on any atom is -0.484 e. The normalized spacial score (nSPS) is 13.3. The van der Waals surface area contributed by atoms with E-state index >= 15 is 0 Å². The topological polar surface area (TPSA) is 223 Å². The minimum absolute atomic E-state index is 0.0745. The van der Waals surface area contributed by atoms with Crippen molar-refractivity contribution in [1.82, 2.24) is 10.6 Å². The second kappa shape index (κ2) is 21.0. The summed E-state index contributed by atoms with van der Waals surface area (Å²) in [5.74, 6) is -1.40. The number of hydrogen-bond donors (Lipinski definition) is 6. The average molecular weight is 641 g/mol. The van der Waals surface area contributed by atoms with Gasteiger partial charge in [0.25, 0.3) is 5.91 Å². The van der Waals surface area contributed by atoms with Gasteiger partial charge in [-0.2, -0.15) is 0 Å². The van der Waals surface area contributed by atoms with Crippen LogP contribution in [-0.2, 0) is 19.1 Å². The molecule has 46 heavy (non-hydrogen) atoms. The van der Waals surface area contributed by atoms with E-state index in [1.165, 1.54) is 12.7 Å². The van der Waals surface area contributed by atoms with Crippen molar-refractivity contribution in [2.45, 2.75) is 71.4 Å². The van der Waals surface area contributed by atoms with Gasteiger partial charge in [-0.15, -0.1) is 6.58 Å². The quantitative estimate of drug-likeness (QED) is 0.0381. The number of aliphatic imine (C=N–C) groups is 2. The molecule has 1 aromatic carbocycles. The number of rotatable bonds is 21. The predicted octanol–water partition coefficient (Wildman–Crippen LogP) is 2.27. The van der Waals surface area contributed by atoms with E-state index in [-0.39, 0.29) is 49.9 Å². The number of carbonyl (C=O) groups is 3. The van der Waals surface area contributed by atoms with E-state index in [4.69, 9.17) is 32.4 Å². The van der Waals surface area contributed by atoms with Crippen molar-refractivity contribution in [3.8, 4) is 5.75 Å². The third-order valence-electron chi connectivity index (χ3n) is 6.95. The molecule has 254 valence electrons. The molecular formula is C33H52N8O5. The number of esters is 1. The van der Waals surface area contributed by atoms with E-state index in [0.29, 0.717) is 18.6 Å². The highest BCUT2D eigenvalue weighted by atomic mass is 16.5. The largest absolute Gasteiger partial charge is 0.484 e. The number of allylic oxidation sites excluding steroid dienone is 4. The summed E-state index contributed by atoms with van der Waals surface area (Å²) in [6, 6.07) is 5.37. The Bertz CT molecular complexity index is 1250. The lowest BCUT2D eigenvalue weighted by Gasteiger charge is -2.22. The highest BCUT2D eigenvalue weighted by Gasteiger charge is 2.27. The van der Waals surface area contributed by atoms with Crippen LogP contribution in [0.25, 0.3) is 6.08 Å². The van der Waals surface area contributed by atoms with Crippen LogP contribution in [0.2, 0.25) is 0 Å². The maximum atomic E-state index is 13.2. The Morgan fingerprint density at radius 1 is 0.957 bits per heavy atom. The first kappa shape index (κ1) is 39.2. The number of nitrogens with two attached hydrogens (primary N) is 4. The Morgan fingerprint density at radius 3 is 2.07 bits per heavy atom. The van der Waals surface area contributed by atoms with Crippen LogP contribution >= 0.6 is 0 Å². The number of nitrogens with one attached hydrogen (secondary N) is 2. The monoisotopic (exact) mass is 640 g/mol. The lowest BCUT2D eigenvalue weighted by molar-refractivity contribution is -0.145. The molecule has 0 spiro atoms. The Hall–Kier alpha value is -4.81. The molecule has 0 fully saturated rings. The summed E-state index contributed by atoms with van der Waals surface area (Å²) in [5.41, 5.74) is 23.6. The van der Waals surface area contributed by atoms with Gasteiger partial charge < -0.3 is 43.0 Å². The van der Waals surface area contributed by atoms with Gasteiger partial charge in [-0.25, -0.2) is 4.79 Å². The summed E-state index contributed by atoms with van der Waals surface area (Å²) >= 11 is 0. The van der Waals surface area contributed by atoms with Crippen LogP contribution in [0.5, 0.6) is 5.75 Å². The molecule has 13 heteroatoms. The van der Waals surface area contributed by atoms with Crippen molar-refractivity contribution in [3.05, 3.63) is 60.2 Å². The molecule has 0 aliphatic heterocycles. The third-order valence-corrected chi connectivity index (χ3v) is 6.95. The standard InChI is InChI=1S/C33H52N8O5/c1-6-33(4,18-7-10-23(2)3)19-17-24-13-15-25(16-14-24)46-22-28(42)40-26(11-8-20-38-31(34)35)29(43)41-27(30(44)45-5)12-9-21-39-32(36)37/h6,10,13-17,19,26-27H,1,7-9,11-12,18,20-22H2,2-5H3,(H,40,42)(H,41,43)(H4,34,35,38)(H4,36,37,39)/b19-17+/t26-,27-,33-/m0/s1. The van der Waals surface area contributed by atoms with E-state index in [1.807, 2.05) is 24.3 Å². The molecule has 0 saturated carbocycles. The fraction of sp³-hybridized carbons (Fsp3) is 0.485. The Morgan fingerprint density at radius 2 is 1.54 bits per heavy atom. The molecule has 0 unspecified atom stereocenters. The Balaban J connectivity index is 2.85. The van der Waals surface area contributed by atoms with E-state index < -0.39 is 29.9 Å². The minimum atomic E-state index is -0.987. The summed E-state index contributed by atoms with van der Waals surface area (Å²) < 4.78 is 10.5. The smallest absolute Gasteiger partial charge is 0.328 e. The molecule has 1 rings (SSSR count). The van der Waals surface area contributed by atoms with Crippen molar-refractivity contribution in [3.63, 3.8) is 0 Å². The van der Waals surface area contributed by atoms with Crippen LogP contribution in [0, 0.1) is 5.41 Å². The maximum absolute atomic E-state index is 13.2. The van der Waals surface area contributed by atoms with E-state index in [1.54, 1.807) is 12.1 Å². The van der Waals surface area contributed by atoms with E-state index in [9.17, 15) is 14.4 Å². The van der Waals surface area contributed by atoms with Crippen LogP contribution in [0.15, 0.2) is 64.6 Å². The number of hydrogen-bond acceptors (Lipinski definition) is 7. The van der Waals surface area contributed by atoms with Gasteiger partial charge in [-0.1, -0.05) is 48.9 Å². The predicted molar refractivity (Wildman–Crippen MR) is 184 cm³/mol. The van der Waals surface area contributed by atoms with E-state index in [2.05, 4.69) is 60.1 Å². The van der Waals surface area contributed by atoms with Crippen molar-refractivity contribution in [2.24, 2.45) is 38.3 Å².